The first kappa shape index (κ1) is 33.7. The van der Waals surface area contributed by atoms with Gasteiger partial charge in [0.1, 0.15) is 17.0 Å². The first-order valence-electron chi connectivity index (χ1n) is 15.0. The number of hydrogen-bond donors (Lipinski definition) is 0. The molecule has 0 N–H and O–H groups in total. The Morgan fingerprint density at radius 2 is 1.40 bits per heavy atom. The van der Waals surface area contributed by atoms with Crippen molar-refractivity contribution in [3.63, 3.8) is 0 Å². The molecule has 42 heavy (non-hydrogen) atoms. The first-order chi connectivity index (χ1) is 19.3. The summed E-state index contributed by atoms with van der Waals surface area (Å²) < 4.78 is 25.5. The van der Waals surface area contributed by atoms with E-state index < -0.39 is 30.0 Å². The van der Waals surface area contributed by atoms with E-state index in [2.05, 4.69) is 32.6 Å². The fourth-order valence-corrected chi connectivity index (χ4v) is 4.75. The lowest BCUT2D eigenvalue weighted by Gasteiger charge is -2.36. The number of ether oxygens (including phenoxy) is 2. The number of hydrogen-bond acceptors (Lipinski definition) is 8. The van der Waals surface area contributed by atoms with E-state index in [1.807, 2.05) is 67.5 Å². The molecule has 0 radical (unpaired) electrons. The molecule has 1 amide bonds. The van der Waals surface area contributed by atoms with Gasteiger partial charge in [-0.1, -0.05) is 27.7 Å². The highest BCUT2D eigenvalue weighted by molar-refractivity contribution is 6.62. The minimum Gasteiger partial charge on any atom is -0.444 e. The van der Waals surface area contributed by atoms with E-state index >= 15 is 0 Å². The molecule has 0 aliphatic carbocycles. The highest BCUT2D eigenvalue weighted by Gasteiger charge is 2.40. The Morgan fingerprint density at radius 1 is 0.857 bits per heavy atom. The Bertz CT molecular complexity index is 1270. The lowest BCUT2D eigenvalue weighted by molar-refractivity contribution is 0.0240. The summed E-state index contributed by atoms with van der Waals surface area (Å²) in [5, 5.41) is 0. The number of carbonyl (C=O) groups is 2. The zero-order chi connectivity index (χ0) is 31.8. The van der Waals surface area contributed by atoms with Crippen LogP contribution in [-0.4, -0.2) is 83.8 Å². The van der Waals surface area contributed by atoms with Crippen LogP contribution in [-0.2, 0) is 18.8 Å². The number of rotatable bonds is 7. The standard InChI is InChI=1S/C31H51BN4O6/c1-20(2)24-25-22(14-15-23(33-25)34-16-18-35(19-17-34)27(37)40-29(5,6)7)36(28(38)41-30(8,9)10)26(24)32(39-13)42-31(11,12)21(3)4/h14-15,20-21H,16-19H2,1-13H3. The molecule has 0 spiro atoms. The highest BCUT2D eigenvalue weighted by atomic mass is 16.6. The molecule has 3 rings (SSSR count). The second-order valence-corrected chi connectivity index (χ2v) is 14.2. The van der Waals surface area contributed by atoms with Crippen molar-refractivity contribution in [2.24, 2.45) is 5.92 Å². The molecular weight excluding hydrogens is 535 g/mol. The molecule has 0 aromatic carbocycles. The van der Waals surface area contributed by atoms with Gasteiger partial charge in [-0.15, -0.1) is 0 Å². The van der Waals surface area contributed by atoms with Crippen LogP contribution in [0.1, 0.15) is 94.6 Å². The van der Waals surface area contributed by atoms with Crippen LogP contribution in [0.15, 0.2) is 12.1 Å². The zero-order valence-electron chi connectivity index (χ0n) is 28.0. The summed E-state index contributed by atoms with van der Waals surface area (Å²) in [6, 6.07) is 3.83. The normalized spacial score (nSPS) is 15.1. The van der Waals surface area contributed by atoms with Crippen LogP contribution in [0.4, 0.5) is 15.4 Å². The van der Waals surface area contributed by atoms with Crippen molar-refractivity contribution in [1.82, 2.24) is 14.5 Å². The van der Waals surface area contributed by atoms with E-state index in [0.717, 1.165) is 11.4 Å². The molecule has 10 nitrogen and oxygen atoms in total. The van der Waals surface area contributed by atoms with Gasteiger partial charge in [-0.2, -0.15) is 0 Å². The largest absolute Gasteiger partial charge is 0.512 e. The van der Waals surface area contributed by atoms with Crippen LogP contribution in [0.2, 0.25) is 0 Å². The molecule has 11 heteroatoms. The quantitative estimate of drug-likeness (QED) is 0.376. The lowest BCUT2D eigenvalue weighted by Crippen LogP contribution is -2.51. The van der Waals surface area contributed by atoms with E-state index in [9.17, 15) is 9.59 Å². The second kappa shape index (κ2) is 12.4. The smallest absolute Gasteiger partial charge is 0.444 e. The molecule has 234 valence electrons. The Labute approximate surface area is 252 Å². The SMILES string of the molecule is COB(OC(C)(C)C(C)C)c1c(C(C)C)c2nc(N3CCN(C(=O)OC(C)(C)C)CC3)ccc2n1C(=O)OC(C)(C)C. The minimum absolute atomic E-state index is 0.00126. The number of carbonyl (C=O) groups excluding carboxylic acids is 2. The van der Waals surface area contributed by atoms with Crippen LogP contribution < -0.4 is 10.5 Å². The van der Waals surface area contributed by atoms with E-state index in [4.69, 9.17) is 23.8 Å². The summed E-state index contributed by atoms with van der Waals surface area (Å²) in [4.78, 5) is 35.4. The van der Waals surface area contributed by atoms with Crippen LogP contribution in [0.3, 0.4) is 0 Å². The Hall–Kier alpha value is -2.79. The van der Waals surface area contributed by atoms with Gasteiger partial charge in [-0.25, -0.2) is 14.6 Å². The van der Waals surface area contributed by atoms with Crippen molar-refractivity contribution >= 4 is 41.7 Å². The van der Waals surface area contributed by atoms with Crippen LogP contribution >= 0.6 is 0 Å². The Kier molecular flexibility index (Phi) is 9.99. The maximum absolute atomic E-state index is 13.8. The third-order valence-electron chi connectivity index (χ3n) is 7.52. The van der Waals surface area contributed by atoms with E-state index in [0.29, 0.717) is 42.8 Å². The molecule has 2 aromatic heterocycles. The topological polar surface area (TPSA) is 95.4 Å². The number of anilines is 1. The summed E-state index contributed by atoms with van der Waals surface area (Å²) in [7, 11) is 0.757. The summed E-state index contributed by atoms with van der Waals surface area (Å²) in [6.45, 7) is 25.8. The summed E-state index contributed by atoms with van der Waals surface area (Å²) in [5.41, 5.74) is 1.02. The predicted molar refractivity (Wildman–Crippen MR) is 168 cm³/mol. The fourth-order valence-electron chi connectivity index (χ4n) is 4.75. The van der Waals surface area contributed by atoms with Crippen molar-refractivity contribution in [2.75, 3.05) is 38.2 Å². The minimum atomic E-state index is -0.831. The lowest BCUT2D eigenvalue weighted by atomic mass is 9.76. The molecule has 0 unspecified atom stereocenters. The summed E-state index contributed by atoms with van der Waals surface area (Å²) in [5.74, 6) is 0.973. The van der Waals surface area contributed by atoms with Crippen molar-refractivity contribution in [1.29, 1.82) is 0 Å². The maximum atomic E-state index is 13.8. The van der Waals surface area contributed by atoms with Crippen molar-refractivity contribution in [3.05, 3.63) is 17.7 Å². The molecule has 1 aliphatic rings. The predicted octanol–water partition coefficient (Wildman–Crippen LogP) is 5.79. The van der Waals surface area contributed by atoms with Crippen LogP contribution in [0.25, 0.3) is 11.0 Å². The van der Waals surface area contributed by atoms with Gasteiger partial charge in [0.2, 0.25) is 0 Å². The molecule has 0 bridgehead atoms. The third kappa shape index (κ3) is 7.78. The average molecular weight is 587 g/mol. The van der Waals surface area contributed by atoms with Gasteiger partial charge in [0.05, 0.1) is 22.2 Å². The van der Waals surface area contributed by atoms with Gasteiger partial charge in [-0.3, -0.25) is 4.57 Å². The molecule has 0 saturated carbocycles. The maximum Gasteiger partial charge on any atom is 0.512 e. The van der Waals surface area contributed by atoms with Crippen LogP contribution in [0.5, 0.6) is 0 Å². The van der Waals surface area contributed by atoms with Gasteiger partial charge < -0.3 is 28.6 Å². The van der Waals surface area contributed by atoms with Crippen molar-refractivity contribution in [2.45, 2.75) is 106 Å². The van der Waals surface area contributed by atoms with Crippen LogP contribution in [0, 0.1) is 5.92 Å². The van der Waals surface area contributed by atoms with Crippen molar-refractivity contribution in [3.8, 4) is 0 Å². The van der Waals surface area contributed by atoms with Gasteiger partial charge in [-0.05, 0) is 84.9 Å². The second-order valence-electron chi connectivity index (χ2n) is 14.2. The fraction of sp³-hybridized carbons (Fsp3) is 0.710. The molecule has 2 aromatic rings. The monoisotopic (exact) mass is 586 g/mol. The zero-order valence-corrected chi connectivity index (χ0v) is 28.0. The number of nitrogens with zero attached hydrogens (tertiary/aromatic N) is 4. The van der Waals surface area contributed by atoms with E-state index in [1.54, 1.807) is 16.6 Å². The molecular formula is C31H51BN4O6. The number of amides is 1. The molecule has 1 saturated heterocycles. The third-order valence-corrected chi connectivity index (χ3v) is 7.52. The van der Waals surface area contributed by atoms with E-state index in [-0.39, 0.29) is 17.9 Å². The van der Waals surface area contributed by atoms with Gasteiger partial charge in [0.15, 0.2) is 0 Å². The summed E-state index contributed by atoms with van der Waals surface area (Å²) in [6.07, 6.45) is -0.815. The molecule has 1 aliphatic heterocycles. The average Bonchev–Trinajstić information content (AvgIpc) is 3.20. The number of fused-ring (bicyclic) bond motifs is 1. The van der Waals surface area contributed by atoms with E-state index in [1.165, 1.54) is 0 Å². The summed E-state index contributed by atoms with van der Waals surface area (Å²) >= 11 is 0. The number of piperazine rings is 1. The molecule has 1 fully saturated rings. The first-order valence-corrected chi connectivity index (χ1v) is 15.0. The van der Waals surface area contributed by atoms with Gasteiger partial charge in [0.25, 0.3) is 0 Å². The highest BCUT2D eigenvalue weighted by Crippen LogP contribution is 2.31. The molecule has 0 atom stereocenters. The van der Waals surface area contributed by atoms with Gasteiger partial charge in [0, 0.05) is 33.3 Å². The molecule has 3 heterocycles. The number of pyridine rings is 1. The number of aromatic nitrogens is 2. The Balaban J connectivity index is 2.10. The van der Waals surface area contributed by atoms with Crippen molar-refractivity contribution < 1.29 is 28.4 Å². The van der Waals surface area contributed by atoms with Gasteiger partial charge >= 0.3 is 19.3 Å². The Morgan fingerprint density at radius 3 is 1.88 bits per heavy atom.